The summed E-state index contributed by atoms with van der Waals surface area (Å²) in [6.45, 7) is 6.52. The number of aromatic nitrogens is 2. The van der Waals surface area contributed by atoms with Crippen molar-refractivity contribution in [3.05, 3.63) is 42.2 Å². The van der Waals surface area contributed by atoms with Crippen LogP contribution in [-0.2, 0) is 16.0 Å². The first-order valence-corrected chi connectivity index (χ1v) is 8.86. The molecule has 25 heavy (non-hydrogen) atoms. The van der Waals surface area contributed by atoms with Gasteiger partial charge in [-0.25, -0.2) is 9.97 Å². The van der Waals surface area contributed by atoms with Crippen molar-refractivity contribution in [1.82, 2.24) is 9.97 Å². The first kappa shape index (κ1) is 18.9. The van der Waals surface area contributed by atoms with E-state index in [2.05, 4.69) is 16.9 Å². The van der Waals surface area contributed by atoms with Crippen molar-refractivity contribution in [3.63, 3.8) is 0 Å². The molecule has 2 rings (SSSR count). The van der Waals surface area contributed by atoms with Crippen molar-refractivity contribution >= 4 is 5.97 Å². The molecular weight excluding hydrogens is 316 g/mol. The Balaban J connectivity index is 1.94. The summed E-state index contributed by atoms with van der Waals surface area (Å²) in [4.78, 5) is 20.0. The molecule has 134 valence electrons. The van der Waals surface area contributed by atoms with Crippen LogP contribution in [0.3, 0.4) is 0 Å². The molecule has 1 aromatic carbocycles. The zero-order valence-electron chi connectivity index (χ0n) is 15.2. The van der Waals surface area contributed by atoms with Gasteiger partial charge >= 0.3 is 5.97 Å². The quantitative estimate of drug-likeness (QED) is 0.505. The minimum absolute atomic E-state index is 0.130. The van der Waals surface area contributed by atoms with E-state index in [0.717, 1.165) is 24.0 Å². The van der Waals surface area contributed by atoms with Crippen LogP contribution in [0.15, 0.2) is 36.7 Å². The molecule has 0 saturated carbocycles. The second-order valence-corrected chi connectivity index (χ2v) is 6.00. The lowest BCUT2D eigenvalue weighted by Crippen LogP contribution is -2.16. The Bertz CT molecular complexity index is 654. The van der Waals surface area contributed by atoms with Crippen LogP contribution in [-0.4, -0.2) is 28.6 Å². The van der Waals surface area contributed by atoms with E-state index in [1.165, 1.54) is 0 Å². The second kappa shape index (κ2) is 9.77. The molecule has 0 saturated heterocycles. The van der Waals surface area contributed by atoms with E-state index in [9.17, 15) is 4.79 Å². The Labute approximate surface area is 149 Å². The molecule has 2 aromatic rings. The molecule has 0 N–H and O–H groups in total. The number of rotatable bonds is 9. The number of carbonyl (C=O) groups excluding carboxylic acids is 1. The van der Waals surface area contributed by atoms with Gasteiger partial charge in [0.2, 0.25) is 0 Å². The minimum atomic E-state index is -0.168. The predicted molar refractivity (Wildman–Crippen MR) is 97.4 cm³/mol. The van der Waals surface area contributed by atoms with Gasteiger partial charge in [-0.15, -0.1) is 0 Å². The summed E-state index contributed by atoms with van der Waals surface area (Å²) in [5.41, 5.74) is 2.06. The minimum Gasteiger partial charge on any atom is -0.490 e. The van der Waals surface area contributed by atoms with Gasteiger partial charge in [0.25, 0.3) is 0 Å². The van der Waals surface area contributed by atoms with E-state index in [0.29, 0.717) is 31.0 Å². The Morgan fingerprint density at radius 2 is 1.80 bits per heavy atom. The van der Waals surface area contributed by atoms with Gasteiger partial charge in [0, 0.05) is 18.4 Å². The van der Waals surface area contributed by atoms with Crippen LogP contribution in [0, 0.1) is 0 Å². The van der Waals surface area contributed by atoms with Gasteiger partial charge in [-0.3, -0.25) is 4.79 Å². The summed E-state index contributed by atoms with van der Waals surface area (Å²) in [6, 6.07) is 7.99. The highest BCUT2D eigenvalue weighted by Crippen LogP contribution is 2.18. The molecule has 0 aliphatic carbocycles. The van der Waals surface area contributed by atoms with E-state index in [1.54, 1.807) is 19.3 Å². The Morgan fingerprint density at radius 3 is 2.40 bits per heavy atom. The Kier molecular flexibility index (Phi) is 7.38. The van der Waals surface area contributed by atoms with Gasteiger partial charge in [-0.2, -0.15) is 0 Å². The highest BCUT2D eigenvalue weighted by atomic mass is 16.5. The van der Waals surface area contributed by atoms with Gasteiger partial charge < -0.3 is 9.47 Å². The molecular formula is C20H26N2O3. The van der Waals surface area contributed by atoms with E-state index in [4.69, 9.17) is 9.47 Å². The standard InChI is InChI=1S/C20H26N2O3/c1-4-6-11-24-18-13-21-20(22-14-18)17-9-7-16(8-10-17)12-15(3)25-19(23)5-2/h7-10,13-15H,4-6,11-12H2,1-3H3. The highest BCUT2D eigenvalue weighted by Gasteiger charge is 2.09. The fourth-order valence-corrected chi connectivity index (χ4v) is 2.35. The van der Waals surface area contributed by atoms with Gasteiger partial charge in [0.05, 0.1) is 19.0 Å². The number of carbonyl (C=O) groups is 1. The van der Waals surface area contributed by atoms with E-state index in [-0.39, 0.29) is 12.1 Å². The number of hydrogen-bond acceptors (Lipinski definition) is 5. The van der Waals surface area contributed by atoms with Crippen molar-refractivity contribution < 1.29 is 14.3 Å². The summed E-state index contributed by atoms with van der Waals surface area (Å²) < 4.78 is 10.9. The van der Waals surface area contributed by atoms with Crippen LogP contribution in [0.1, 0.15) is 45.6 Å². The summed E-state index contributed by atoms with van der Waals surface area (Å²) in [5.74, 6) is 1.19. The van der Waals surface area contributed by atoms with Crippen LogP contribution < -0.4 is 4.74 Å². The third-order valence-electron chi connectivity index (χ3n) is 3.75. The van der Waals surface area contributed by atoms with Crippen LogP contribution >= 0.6 is 0 Å². The van der Waals surface area contributed by atoms with Crippen LogP contribution in [0.25, 0.3) is 11.4 Å². The lowest BCUT2D eigenvalue weighted by molar-refractivity contribution is -0.147. The van der Waals surface area contributed by atoms with Crippen molar-refractivity contribution in [2.24, 2.45) is 0 Å². The maximum Gasteiger partial charge on any atom is 0.305 e. The lowest BCUT2D eigenvalue weighted by Gasteiger charge is -2.13. The van der Waals surface area contributed by atoms with Crippen molar-refractivity contribution in [2.45, 2.75) is 52.6 Å². The van der Waals surface area contributed by atoms with E-state index >= 15 is 0 Å². The van der Waals surface area contributed by atoms with E-state index in [1.807, 2.05) is 31.2 Å². The summed E-state index contributed by atoms with van der Waals surface area (Å²) in [7, 11) is 0. The first-order chi connectivity index (χ1) is 12.1. The molecule has 5 heteroatoms. The first-order valence-electron chi connectivity index (χ1n) is 8.86. The maximum atomic E-state index is 11.3. The van der Waals surface area contributed by atoms with Crippen LogP contribution in [0.4, 0.5) is 0 Å². The summed E-state index contributed by atoms with van der Waals surface area (Å²) in [5, 5.41) is 0. The third-order valence-corrected chi connectivity index (χ3v) is 3.75. The molecule has 0 amide bonds. The van der Waals surface area contributed by atoms with Crippen molar-refractivity contribution in [1.29, 1.82) is 0 Å². The maximum absolute atomic E-state index is 11.3. The van der Waals surface area contributed by atoms with Gasteiger partial charge in [-0.05, 0) is 18.9 Å². The summed E-state index contributed by atoms with van der Waals surface area (Å²) in [6.07, 6.45) is 6.50. The zero-order chi connectivity index (χ0) is 18.1. The van der Waals surface area contributed by atoms with Gasteiger partial charge in [0.1, 0.15) is 6.10 Å². The van der Waals surface area contributed by atoms with E-state index < -0.39 is 0 Å². The smallest absolute Gasteiger partial charge is 0.305 e. The highest BCUT2D eigenvalue weighted by molar-refractivity contribution is 5.69. The molecule has 0 aliphatic heterocycles. The number of hydrogen-bond donors (Lipinski definition) is 0. The molecule has 0 aliphatic rings. The fourth-order valence-electron chi connectivity index (χ4n) is 2.35. The summed E-state index contributed by atoms with van der Waals surface area (Å²) >= 11 is 0. The number of ether oxygens (including phenoxy) is 2. The Morgan fingerprint density at radius 1 is 1.12 bits per heavy atom. The second-order valence-electron chi connectivity index (χ2n) is 6.00. The number of benzene rings is 1. The predicted octanol–water partition coefficient (Wildman–Crippen LogP) is 4.21. The van der Waals surface area contributed by atoms with Crippen molar-refractivity contribution in [2.75, 3.05) is 6.61 Å². The topological polar surface area (TPSA) is 61.3 Å². The SMILES string of the molecule is CCCCOc1cnc(-c2ccc(CC(C)OC(=O)CC)cc2)nc1. The number of unbranched alkanes of at least 4 members (excludes halogenated alkanes) is 1. The number of nitrogens with zero attached hydrogens (tertiary/aromatic N) is 2. The van der Waals surface area contributed by atoms with Gasteiger partial charge in [-0.1, -0.05) is 44.5 Å². The molecule has 0 spiro atoms. The average molecular weight is 342 g/mol. The molecule has 1 heterocycles. The zero-order valence-corrected chi connectivity index (χ0v) is 15.2. The molecule has 1 unspecified atom stereocenters. The van der Waals surface area contributed by atoms with Crippen LogP contribution in [0.5, 0.6) is 5.75 Å². The number of esters is 1. The molecule has 5 nitrogen and oxygen atoms in total. The molecule has 1 atom stereocenters. The largest absolute Gasteiger partial charge is 0.490 e. The molecule has 1 aromatic heterocycles. The monoisotopic (exact) mass is 342 g/mol. The lowest BCUT2D eigenvalue weighted by atomic mass is 10.1. The normalized spacial score (nSPS) is 11.8. The third kappa shape index (κ3) is 6.18. The molecule has 0 fully saturated rings. The fraction of sp³-hybridized carbons (Fsp3) is 0.450. The Hall–Kier alpha value is -2.43. The average Bonchev–Trinajstić information content (AvgIpc) is 2.63. The molecule has 0 bridgehead atoms. The van der Waals surface area contributed by atoms with Crippen molar-refractivity contribution in [3.8, 4) is 17.1 Å². The van der Waals surface area contributed by atoms with Gasteiger partial charge in [0.15, 0.2) is 11.6 Å². The molecule has 0 radical (unpaired) electrons. The van der Waals surface area contributed by atoms with Crippen LogP contribution in [0.2, 0.25) is 0 Å².